The van der Waals surface area contributed by atoms with Gasteiger partial charge in [0.05, 0.1) is 178 Å². The molecule has 49 heavy (non-hydrogen) atoms. The van der Waals surface area contributed by atoms with Crippen molar-refractivity contribution in [2.24, 2.45) is 0 Å². The van der Waals surface area contributed by atoms with E-state index in [0.717, 1.165) is 11.0 Å². The predicted molar refractivity (Wildman–Crippen MR) is 190 cm³/mol. The Balaban J connectivity index is 3.09. The second-order valence-electron chi connectivity index (χ2n) is 11.0. The summed E-state index contributed by atoms with van der Waals surface area (Å²) in [6, 6.07) is 0. The Morgan fingerprint density at radius 3 is 0.714 bits per heavy atom. The van der Waals surface area contributed by atoms with Crippen LogP contribution >= 0.6 is 22.6 Å². The molecule has 16 heteroatoms. The number of ether oxygens (including phenoxy) is 14. The summed E-state index contributed by atoms with van der Waals surface area (Å²) in [4.78, 5) is 11.6. The second kappa shape index (κ2) is 40.5. The van der Waals surface area contributed by atoms with Crippen LogP contribution in [0.15, 0.2) is 0 Å². The first-order valence-electron chi connectivity index (χ1n) is 17.2. The molecule has 0 N–H and O–H groups in total. The highest BCUT2D eigenvalue weighted by molar-refractivity contribution is 14.1. The quantitative estimate of drug-likeness (QED) is 0.0385. The highest BCUT2D eigenvalue weighted by Gasteiger charge is 2.15. The first-order valence-corrected chi connectivity index (χ1v) is 18.8. The molecule has 0 fully saturated rings. The Morgan fingerprint density at radius 2 is 0.531 bits per heavy atom. The molecule has 0 rings (SSSR count). The van der Waals surface area contributed by atoms with Gasteiger partial charge in [-0.25, -0.2) is 0 Å². The number of carbonyl (C=O) groups is 1. The van der Waals surface area contributed by atoms with E-state index in [2.05, 4.69) is 22.6 Å². The monoisotopic (exact) mass is 828 g/mol. The first kappa shape index (κ1) is 48.7. The van der Waals surface area contributed by atoms with E-state index in [1.54, 1.807) is 0 Å². The lowest BCUT2D eigenvalue weighted by Gasteiger charge is -2.19. The van der Waals surface area contributed by atoms with Crippen LogP contribution in [0.3, 0.4) is 0 Å². The molecule has 0 radical (unpaired) electrons. The van der Waals surface area contributed by atoms with E-state index in [9.17, 15) is 4.79 Å². The SMILES string of the molecule is CC(C)(C)OC(=O)CCOCCOCCOCCOCCOCCOCCOCCOCCOCCOCCOCCOCCOCCI. The van der Waals surface area contributed by atoms with E-state index in [-0.39, 0.29) is 12.4 Å². The van der Waals surface area contributed by atoms with Crippen LogP contribution in [-0.2, 0) is 71.1 Å². The lowest BCUT2D eigenvalue weighted by Crippen LogP contribution is -2.24. The minimum Gasteiger partial charge on any atom is -0.460 e. The molecule has 15 nitrogen and oxygen atoms in total. The van der Waals surface area contributed by atoms with Crippen molar-refractivity contribution < 1.29 is 71.1 Å². The smallest absolute Gasteiger partial charge is 0.308 e. The molecule has 0 aromatic heterocycles. The summed E-state index contributed by atoms with van der Waals surface area (Å²) in [6.45, 7) is 18.8. The van der Waals surface area contributed by atoms with Crippen LogP contribution in [0.1, 0.15) is 27.2 Å². The van der Waals surface area contributed by atoms with Crippen LogP contribution < -0.4 is 0 Å². The Labute approximate surface area is 307 Å². The van der Waals surface area contributed by atoms with Crippen LogP contribution in [0.2, 0.25) is 0 Å². The summed E-state index contributed by atoms with van der Waals surface area (Å²) in [5.41, 5.74) is -0.474. The maximum atomic E-state index is 11.6. The van der Waals surface area contributed by atoms with E-state index in [1.165, 1.54) is 0 Å². The van der Waals surface area contributed by atoms with E-state index in [0.29, 0.717) is 165 Å². The molecule has 0 saturated carbocycles. The summed E-state index contributed by atoms with van der Waals surface area (Å²) in [5, 5.41) is 0. The van der Waals surface area contributed by atoms with Gasteiger partial charge in [0, 0.05) is 4.43 Å². The van der Waals surface area contributed by atoms with Crippen molar-refractivity contribution in [3.05, 3.63) is 0 Å². The molecule has 0 aliphatic carbocycles. The predicted octanol–water partition coefficient (Wildman–Crippen LogP) is 2.37. The van der Waals surface area contributed by atoms with E-state index in [1.807, 2.05) is 20.8 Å². The Morgan fingerprint density at radius 1 is 0.347 bits per heavy atom. The Kier molecular flexibility index (Phi) is 40.2. The van der Waals surface area contributed by atoms with Gasteiger partial charge in [0.15, 0.2) is 0 Å². The van der Waals surface area contributed by atoms with Gasteiger partial charge >= 0.3 is 5.97 Å². The molecule has 0 atom stereocenters. The zero-order valence-electron chi connectivity index (χ0n) is 30.3. The standard InChI is InChI=1S/C33H65IO15/c1-33(2,3)49-32(35)4-6-36-8-10-38-12-14-40-16-18-42-20-22-44-24-26-46-28-30-48-31-29-47-27-25-45-23-21-43-19-17-41-15-13-39-11-9-37-7-5-34/h4-31H2,1-3H3. The molecule has 0 heterocycles. The highest BCUT2D eigenvalue weighted by atomic mass is 127. The van der Waals surface area contributed by atoms with Gasteiger partial charge in [0.2, 0.25) is 0 Å². The number of hydrogen-bond donors (Lipinski definition) is 0. The average Bonchev–Trinajstić information content (AvgIpc) is 3.06. The number of halogens is 1. The first-order chi connectivity index (χ1) is 24.0. The van der Waals surface area contributed by atoms with Crippen LogP contribution in [0.4, 0.5) is 0 Å². The maximum absolute atomic E-state index is 11.6. The number of esters is 1. The molecular weight excluding hydrogens is 763 g/mol. The molecule has 0 aliphatic rings. The van der Waals surface area contributed by atoms with Crippen LogP contribution in [0.5, 0.6) is 0 Å². The van der Waals surface area contributed by atoms with Crippen molar-refractivity contribution in [2.45, 2.75) is 32.8 Å². The summed E-state index contributed by atoms with van der Waals surface area (Å²) in [6.07, 6.45) is 0.231. The lowest BCUT2D eigenvalue weighted by molar-refractivity contribution is -0.156. The summed E-state index contributed by atoms with van der Waals surface area (Å²) in [5.74, 6) is -0.265. The molecular formula is C33H65IO15. The van der Waals surface area contributed by atoms with Gasteiger partial charge in [-0.05, 0) is 20.8 Å². The molecule has 0 aromatic rings. The fourth-order valence-corrected chi connectivity index (χ4v) is 3.66. The van der Waals surface area contributed by atoms with E-state index < -0.39 is 5.60 Å². The van der Waals surface area contributed by atoms with Crippen LogP contribution in [0.25, 0.3) is 0 Å². The van der Waals surface area contributed by atoms with Gasteiger partial charge in [-0.3, -0.25) is 4.79 Å². The molecule has 0 amide bonds. The minimum absolute atomic E-state index is 0.231. The third-order valence-electron chi connectivity index (χ3n) is 5.56. The number of alkyl halides is 1. The zero-order valence-corrected chi connectivity index (χ0v) is 32.5. The topological polar surface area (TPSA) is 146 Å². The average molecular weight is 829 g/mol. The van der Waals surface area contributed by atoms with Crippen molar-refractivity contribution in [3.8, 4) is 0 Å². The molecule has 0 saturated heterocycles. The number of carbonyl (C=O) groups excluding carboxylic acids is 1. The normalized spacial score (nSPS) is 11.8. The van der Waals surface area contributed by atoms with Gasteiger partial charge in [-0.1, -0.05) is 22.6 Å². The lowest BCUT2D eigenvalue weighted by atomic mass is 10.2. The molecule has 294 valence electrons. The van der Waals surface area contributed by atoms with Crippen molar-refractivity contribution in [3.63, 3.8) is 0 Å². The van der Waals surface area contributed by atoms with Gasteiger partial charge < -0.3 is 66.3 Å². The Bertz CT molecular complexity index is 658. The van der Waals surface area contributed by atoms with Crippen LogP contribution in [0, 0.1) is 0 Å². The van der Waals surface area contributed by atoms with Gasteiger partial charge in [0.1, 0.15) is 5.60 Å². The van der Waals surface area contributed by atoms with Crippen molar-refractivity contribution >= 4 is 28.6 Å². The third-order valence-corrected chi connectivity index (χ3v) is 6.00. The number of hydrogen-bond acceptors (Lipinski definition) is 15. The van der Waals surface area contributed by atoms with Crippen LogP contribution in [-0.4, -0.2) is 188 Å². The molecule has 0 unspecified atom stereocenters. The van der Waals surface area contributed by atoms with E-state index in [4.69, 9.17) is 66.3 Å². The summed E-state index contributed by atoms with van der Waals surface area (Å²) < 4.78 is 76.9. The number of rotatable bonds is 41. The molecule has 0 bridgehead atoms. The minimum atomic E-state index is -0.474. The van der Waals surface area contributed by atoms with Gasteiger partial charge in [-0.15, -0.1) is 0 Å². The van der Waals surface area contributed by atoms with Crippen molar-refractivity contribution in [1.82, 2.24) is 0 Å². The maximum Gasteiger partial charge on any atom is 0.308 e. The fraction of sp³-hybridized carbons (Fsp3) is 0.970. The second-order valence-corrected chi connectivity index (χ2v) is 12.1. The molecule has 0 aliphatic heterocycles. The molecule has 0 aromatic carbocycles. The highest BCUT2D eigenvalue weighted by Crippen LogP contribution is 2.08. The van der Waals surface area contributed by atoms with Gasteiger partial charge in [0.25, 0.3) is 0 Å². The summed E-state index contributed by atoms with van der Waals surface area (Å²) in [7, 11) is 0. The summed E-state index contributed by atoms with van der Waals surface area (Å²) >= 11 is 2.28. The third kappa shape index (κ3) is 45.7. The van der Waals surface area contributed by atoms with Gasteiger partial charge in [-0.2, -0.15) is 0 Å². The molecule has 0 spiro atoms. The van der Waals surface area contributed by atoms with E-state index >= 15 is 0 Å². The zero-order chi connectivity index (χ0) is 35.8. The Hall–Kier alpha value is -0.320. The van der Waals surface area contributed by atoms with Crippen molar-refractivity contribution in [1.29, 1.82) is 0 Å². The fourth-order valence-electron chi connectivity index (χ4n) is 3.34. The van der Waals surface area contributed by atoms with Crippen molar-refractivity contribution in [2.75, 3.05) is 176 Å². The largest absolute Gasteiger partial charge is 0.460 e.